The number of ether oxygens (including phenoxy) is 1. The van der Waals surface area contributed by atoms with Gasteiger partial charge in [0.1, 0.15) is 5.75 Å². The molecule has 1 aliphatic heterocycles. The number of hydrogen-bond acceptors (Lipinski definition) is 3. The maximum atomic E-state index is 5.84. The number of rotatable bonds is 5. The molecule has 4 heteroatoms. The quantitative estimate of drug-likeness (QED) is 0.903. The lowest BCUT2D eigenvalue weighted by Gasteiger charge is -2.35. The minimum absolute atomic E-state index is 0. The molecule has 0 amide bonds. The zero-order chi connectivity index (χ0) is 12.8. The van der Waals surface area contributed by atoms with Gasteiger partial charge in [-0.25, -0.2) is 0 Å². The first-order valence-electron chi connectivity index (χ1n) is 6.90. The first kappa shape index (κ1) is 16.3. The molecule has 1 fully saturated rings. The number of benzene rings is 1. The lowest BCUT2D eigenvalue weighted by Crippen LogP contribution is -2.44. The third kappa shape index (κ3) is 4.68. The molecule has 0 aromatic heterocycles. The van der Waals surface area contributed by atoms with Crippen molar-refractivity contribution in [2.24, 2.45) is 5.73 Å². The summed E-state index contributed by atoms with van der Waals surface area (Å²) in [5, 5.41) is 0. The number of nitrogens with two attached hydrogens (primary N) is 1. The van der Waals surface area contributed by atoms with Crippen LogP contribution in [0.5, 0.6) is 5.75 Å². The molecule has 108 valence electrons. The van der Waals surface area contributed by atoms with E-state index in [-0.39, 0.29) is 12.4 Å². The van der Waals surface area contributed by atoms with Gasteiger partial charge in [-0.2, -0.15) is 0 Å². The first-order chi connectivity index (χ1) is 8.83. The molecule has 1 aromatic rings. The van der Waals surface area contributed by atoms with E-state index in [9.17, 15) is 0 Å². The van der Waals surface area contributed by atoms with Gasteiger partial charge in [-0.05, 0) is 43.5 Å². The Bertz CT molecular complexity index is 356. The van der Waals surface area contributed by atoms with E-state index in [2.05, 4.69) is 17.0 Å². The summed E-state index contributed by atoms with van der Waals surface area (Å²) >= 11 is 0. The Kier molecular flexibility index (Phi) is 7.21. The first-order valence-corrected chi connectivity index (χ1v) is 6.90. The van der Waals surface area contributed by atoms with Crippen molar-refractivity contribution >= 4 is 12.4 Å². The van der Waals surface area contributed by atoms with E-state index in [0.717, 1.165) is 25.3 Å². The van der Waals surface area contributed by atoms with E-state index in [4.69, 9.17) is 10.5 Å². The van der Waals surface area contributed by atoms with Crippen LogP contribution < -0.4 is 10.5 Å². The second kappa shape index (κ2) is 8.41. The van der Waals surface area contributed by atoms with Crippen LogP contribution in [0.2, 0.25) is 0 Å². The van der Waals surface area contributed by atoms with Crippen molar-refractivity contribution in [1.29, 1.82) is 0 Å². The van der Waals surface area contributed by atoms with E-state index in [1.807, 2.05) is 12.1 Å². The number of likely N-dealkylation sites (tertiary alicyclic amines) is 1. The average Bonchev–Trinajstić information content (AvgIpc) is 2.46. The number of hydrogen-bond donors (Lipinski definition) is 1. The molecular weight excluding hydrogens is 260 g/mol. The van der Waals surface area contributed by atoms with E-state index in [1.54, 1.807) is 7.11 Å². The van der Waals surface area contributed by atoms with Crippen LogP contribution in [0.25, 0.3) is 0 Å². The predicted molar refractivity (Wildman–Crippen MR) is 82.2 cm³/mol. The Morgan fingerprint density at radius 2 is 2.00 bits per heavy atom. The van der Waals surface area contributed by atoms with Crippen molar-refractivity contribution < 1.29 is 4.74 Å². The van der Waals surface area contributed by atoms with Crippen molar-refractivity contribution in [1.82, 2.24) is 4.90 Å². The summed E-state index contributed by atoms with van der Waals surface area (Å²) in [5.74, 6) is 0.927. The van der Waals surface area contributed by atoms with Gasteiger partial charge in [0.05, 0.1) is 7.11 Å². The predicted octanol–water partition coefficient (Wildman–Crippen LogP) is 2.47. The highest BCUT2D eigenvalue weighted by molar-refractivity contribution is 5.85. The van der Waals surface area contributed by atoms with Crippen LogP contribution in [-0.4, -0.2) is 37.7 Å². The van der Waals surface area contributed by atoms with Crippen molar-refractivity contribution in [2.75, 3.05) is 26.7 Å². The fraction of sp³-hybridized carbons (Fsp3) is 0.600. The van der Waals surface area contributed by atoms with E-state index in [1.165, 1.54) is 31.4 Å². The highest BCUT2D eigenvalue weighted by atomic mass is 35.5. The molecule has 1 aromatic carbocycles. The second-order valence-corrected chi connectivity index (χ2v) is 5.02. The van der Waals surface area contributed by atoms with Crippen molar-refractivity contribution in [3.05, 3.63) is 29.8 Å². The van der Waals surface area contributed by atoms with Gasteiger partial charge in [0.15, 0.2) is 0 Å². The van der Waals surface area contributed by atoms with Crippen LogP contribution in [-0.2, 0) is 6.42 Å². The highest BCUT2D eigenvalue weighted by Crippen LogP contribution is 2.17. The largest absolute Gasteiger partial charge is 0.497 e. The number of piperidine rings is 1. The van der Waals surface area contributed by atoms with E-state index in [0.29, 0.717) is 6.04 Å². The van der Waals surface area contributed by atoms with Gasteiger partial charge in [-0.3, -0.25) is 4.90 Å². The number of methoxy groups -OCH3 is 1. The summed E-state index contributed by atoms with van der Waals surface area (Å²) in [6.07, 6.45) is 5.01. The molecule has 2 rings (SSSR count). The summed E-state index contributed by atoms with van der Waals surface area (Å²) in [4.78, 5) is 2.55. The Labute approximate surface area is 122 Å². The van der Waals surface area contributed by atoms with Crippen LogP contribution in [0.3, 0.4) is 0 Å². The van der Waals surface area contributed by atoms with Crippen LogP contribution in [0.15, 0.2) is 24.3 Å². The third-order valence-electron chi connectivity index (χ3n) is 3.87. The number of nitrogens with zero attached hydrogens (tertiary/aromatic N) is 1. The summed E-state index contributed by atoms with van der Waals surface area (Å²) < 4.78 is 5.17. The van der Waals surface area contributed by atoms with E-state index >= 15 is 0 Å². The van der Waals surface area contributed by atoms with Gasteiger partial charge in [0.2, 0.25) is 0 Å². The molecule has 0 bridgehead atoms. The molecule has 1 atom stereocenters. The summed E-state index contributed by atoms with van der Waals surface area (Å²) in [6, 6.07) is 8.97. The topological polar surface area (TPSA) is 38.5 Å². The Morgan fingerprint density at radius 3 is 2.63 bits per heavy atom. The normalized spacial score (nSPS) is 19.8. The third-order valence-corrected chi connectivity index (χ3v) is 3.87. The van der Waals surface area contributed by atoms with Gasteiger partial charge in [0.25, 0.3) is 0 Å². The van der Waals surface area contributed by atoms with Crippen LogP contribution in [0.1, 0.15) is 24.8 Å². The van der Waals surface area contributed by atoms with Crippen molar-refractivity contribution in [2.45, 2.75) is 31.7 Å². The lowest BCUT2D eigenvalue weighted by molar-refractivity contribution is 0.155. The maximum absolute atomic E-state index is 5.84. The SMILES string of the molecule is COc1ccc(CCN2CCCCC2CN)cc1.Cl. The van der Waals surface area contributed by atoms with Gasteiger partial charge in [0, 0.05) is 19.1 Å². The fourth-order valence-electron chi connectivity index (χ4n) is 2.69. The van der Waals surface area contributed by atoms with Crippen LogP contribution in [0, 0.1) is 0 Å². The summed E-state index contributed by atoms with van der Waals surface area (Å²) in [7, 11) is 1.70. The lowest BCUT2D eigenvalue weighted by atomic mass is 10.0. The van der Waals surface area contributed by atoms with Crippen molar-refractivity contribution in [3.8, 4) is 5.75 Å². The molecule has 0 spiro atoms. The van der Waals surface area contributed by atoms with E-state index < -0.39 is 0 Å². The summed E-state index contributed by atoms with van der Waals surface area (Å²) in [6.45, 7) is 3.12. The molecule has 1 aliphatic rings. The molecule has 19 heavy (non-hydrogen) atoms. The summed E-state index contributed by atoms with van der Waals surface area (Å²) in [5.41, 5.74) is 7.21. The average molecular weight is 285 g/mol. The zero-order valence-corrected chi connectivity index (χ0v) is 12.5. The van der Waals surface area contributed by atoms with Gasteiger partial charge in [-0.1, -0.05) is 18.6 Å². The Morgan fingerprint density at radius 1 is 1.26 bits per heavy atom. The molecule has 0 aliphatic carbocycles. The monoisotopic (exact) mass is 284 g/mol. The Balaban J connectivity index is 0.00000180. The van der Waals surface area contributed by atoms with Gasteiger partial charge in [-0.15, -0.1) is 12.4 Å². The smallest absolute Gasteiger partial charge is 0.118 e. The fourth-order valence-corrected chi connectivity index (χ4v) is 2.69. The molecule has 1 saturated heterocycles. The molecular formula is C15H25ClN2O. The van der Waals surface area contributed by atoms with Gasteiger partial charge < -0.3 is 10.5 Å². The maximum Gasteiger partial charge on any atom is 0.118 e. The molecule has 2 N–H and O–H groups in total. The van der Waals surface area contributed by atoms with Crippen LogP contribution in [0.4, 0.5) is 0 Å². The van der Waals surface area contributed by atoms with Gasteiger partial charge >= 0.3 is 0 Å². The Hall–Kier alpha value is -0.770. The minimum Gasteiger partial charge on any atom is -0.497 e. The van der Waals surface area contributed by atoms with Crippen LogP contribution >= 0.6 is 12.4 Å². The highest BCUT2D eigenvalue weighted by Gasteiger charge is 2.20. The molecule has 1 unspecified atom stereocenters. The molecule has 0 radical (unpaired) electrons. The molecule has 3 nitrogen and oxygen atoms in total. The zero-order valence-electron chi connectivity index (χ0n) is 11.7. The second-order valence-electron chi connectivity index (χ2n) is 5.02. The molecule has 1 heterocycles. The standard InChI is InChI=1S/C15H24N2O.ClH/c1-18-15-7-5-13(6-8-15)9-11-17-10-3-2-4-14(17)12-16;/h5-8,14H,2-4,9-12,16H2,1H3;1H. The van der Waals surface area contributed by atoms with Crippen molar-refractivity contribution in [3.63, 3.8) is 0 Å². The molecule has 0 saturated carbocycles. The number of halogens is 1. The minimum atomic E-state index is 0.